The van der Waals surface area contributed by atoms with Gasteiger partial charge in [0.15, 0.2) is 0 Å². The second-order valence-electron chi connectivity index (χ2n) is 6.11. The number of halogens is 2. The molecule has 0 aromatic heterocycles. The van der Waals surface area contributed by atoms with Gasteiger partial charge in [0.1, 0.15) is 12.4 Å². The summed E-state index contributed by atoms with van der Waals surface area (Å²) in [5, 5.41) is 1.21. The molecule has 0 aliphatic carbocycles. The van der Waals surface area contributed by atoms with Crippen molar-refractivity contribution >= 4 is 35.1 Å². The van der Waals surface area contributed by atoms with Gasteiger partial charge in [0.05, 0.1) is 5.69 Å². The van der Waals surface area contributed by atoms with Crippen molar-refractivity contribution in [3.8, 4) is 5.75 Å². The first-order valence-corrected chi connectivity index (χ1v) is 9.05. The number of nitrogens with zero attached hydrogens (tertiary/aromatic N) is 1. The standard InChI is InChI=1S/C22H19Cl2NO/c1-15-7-8-16(2)21(11-15)25-13-17-5-3-4-6-22(17)26-14-18-9-10-19(23)12-20(18)24/h3-13H,14H2,1-2H3. The molecule has 0 unspecified atom stereocenters. The highest BCUT2D eigenvalue weighted by Gasteiger charge is 2.05. The Labute approximate surface area is 164 Å². The van der Waals surface area contributed by atoms with Gasteiger partial charge in [-0.2, -0.15) is 0 Å². The van der Waals surface area contributed by atoms with E-state index in [1.165, 1.54) is 5.56 Å². The normalized spacial score (nSPS) is 11.1. The summed E-state index contributed by atoms with van der Waals surface area (Å²) in [5.74, 6) is 0.757. The van der Waals surface area contributed by atoms with E-state index in [1.54, 1.807) is 12.1 Å². The second kappa shape index (κ2) is 8.39. The van der Waals surface area contributed by atoms with Crippen LogP contribution in [0, 0.1) is 13.8 Å². The lowest BCUT2D eigenvalue weighted by Crippen LogP contribution is -1.99. The summed E-state index contributed by atoms with van der Waals surface area (Å²) in [5.41, 5.74) is 5.08. The summed E-state index contributed by atoms with van der Waals surface area (Å²) in [6.07, 6.45) is 1.83. The average molecular weight is 384 g/mol. The first kappa shape index (κ1) is 18.5. The van der Waals surface area contributed by atoms with Crippen LogP contribution in [0.15, 0.2) is 65.7 Å². The van der Waals surface area contributed by atoms with E-state index in [-0.39, 0.29) is 0 Å². The van der Waals surface area contributed by atoms with Gasteiger partial charge in [-0.3, -0.25) is 4.99 Å². The Morgan fingerprint density at radius 3 is 2.58 bits per heavy atom. The highest BCUT2D eigenvalue weighted by atomic mass is 35.5. The van der Waals surface area contributed by atoms with Crippen LogP contribution >= 0.6 is 23.2 Å². The van der Waals surface area contributed by atoms with E-state index in [2.05, 4.69) is 37.0 Å². The molecule has 2 nitrogen and oxygen atoms in total. The van der Waals surface area contributed by atoms with Crippen LogP contribution in [0.3, 0.4) is 0 Å². The van der Waals surface area contributed by atoms with Gasteiger partial charge in [0.25, 0.3) is 0 Å². The Morgan fingerprint density at radius 2 is 1.77 bits per heavy atom. The van der Waals surface area contributed by atoms with Gasteiger partial charge in [-0.25, -0.2) is 0 Å². The van der Waals surface area contributed by atoms with Crippen molar-refractivity contribution in [1.82, 2.24) is 0 Å². The molecule has 4 heteroatoms. The summed E-state index contributed by atoms with van der Waals surface area (Å²) in [4.78, 5) is 4.63. The molecule has 3 aromatic rings. The van der Waals surface area contributed by atoms with E-state index in [0.29, 0.717) is 16.7 Å². The van der Waals surface area contributed by atoms with Crippen molar-refractivity contribution in [2.75, 3.05) is 0 Å². The van der Waals surface area contributed by atoms with Gasteiger partial charge in [0.2, 0.25) is 0 Å². The highest BCUT2D eigenvalue weighted by Crippen LogP contribution is 2.25. The third kappa shape index (κ3) is 4.66. The van der Waals surface area contributed by atoms with Crippen LogP contribution in [-0.4, -0.2) is 6.21 Å². The molecule has 0 saturated heterocycles. The van der Waals surface area contributed by atoms with Crippen molar-refractivity contribution in [2.45, 2.75) is 20.5 Å². The molecule has 0 bridgehead atoms. The van der Waals surface area contributed by atoms with Gasteiger partial charge >= 0.3 is 0 Å². The van der Waals surface area contributed by atoms with E-state index >= 15 is 0 Å². The van der Waals surface area contributed by atoms with Crippen LogP contribution < -0.4 is 4.74 Å². The lowest BCUT2D eigenvalue weighted by Gasteiger charge is -2.10. The van der Waals surface area contributed by atoms with Crippen LogP contribution in [0.4, 0.5) is 5.69 Å². The highest BCUT2D eigenvalue weighted by molar-refractivity contribution is 6.35. The Hall–Kier alpha value is -2.29. The first-order valence-electron chi connectivity index (χ1n) is 8.30. The van der Waals surface area contributed by atoms with E-state index < -0.39 is 0 Å². The van der Waals surface area contributed by atoms with Crippen molar-refractivity contribution in [3.63, 3.8) is 0 Å². The fourth-order valence-electron chi connectivity index (χ4n) is 2.51. The maximum absolute atomic E-state index is 6.22. The molecule has 0 aliphatic rings. The molecule has 132 valence electrons. The molecule has 0 atom stereocenters. The Kier molecular flexibility index (Phi) is 5.97. The number of benzene rings is 3. The number of ether oxygens (including phenoxy) is 1. The molecule has 0 amide bonds. The Morgan fingerprint density at radius 1 is 0.962 bits per heavy atom. The molecule has 3 aromatic carbocycles. The Balaban J connectivity index is 1.80. The summed E-state index contributed by atoms with van der Waals surface area (Å²) < 4.78 is 5.97. The number of hydrogen-bond donors (Lipinski definition) is 0. The maximum Gasteiger partial charge on any atom is 0.128 e. The average Bonchev–Trinajstić information content (AvgIpc) is 2.62. The number of aryl methyl sites for hydroxylation is 2. The summed E-state index contributed by atoms with van der Waals surface area (Å²) in [6, 6.07) is 19.4. The Bertz CT molecular complexity index is 951. The monoisotopic (exact) mass is 383 g/mol. The van der Waals surface area contributed by atoms with Gasteiger partial charge in [-0.1, -0.05) is 53.5 Å². The van der Waals surface area contributed by atoms with E-state index in [1.807, 2.05) is 36.5 Å². The third-order valence-electron chi connectivity index (χ3n) is 4.02. The molecule has 0 aliphatic heterocycles. The van der Waals surface area contributed by atoms with Crippen molar-refractivity contribution in [1.29, 1.82) is 0 Å². The molecule has 0 radical (unpaired) electrons. The van der Waals surface area contributed by atoms with Crippen LogP contribution in [0.25, 0.3) is 0 Å². The molecular formula is C22H19Cl2NO. The molecular weight excluding hydrogens is 365 g/mol. The van der Waals surface area contributed by atoms with Crippen LogP contribution in [0.2, 0.25) is 10.0 Å². The molecule has 0 spiro atoms. The lowest BCUT2D eigenvalue weighted by atomic mass is 10.1. The minimum Gasteiger partial charge on any atom is -0.488 e. The quantitative estimate of drug-likeness (QED) is 0.437. The lowest BCUT2D eigenvalue weighted by molar-refractivity contribution is 0.306. The van der Waals surface area contributed by atoms with Gasteiger partial charge in [-0.05, 0) is 55.3 Å². The zero-order valence-electron chi connectivity index (χ0n) is 14.7. The van der Waals surface area contributed by atoms with Crippen molar-refractivity contribution in [2.24, 2.45) is 4.99 Å². The van der Waals surface area contributed by atoms with Gasteiger partial charge < -0.3 is 4.74 Å². The van der Waals surface area contributed by atoms with Gasteiger partial charge in [-0.15, -0.1) is 0 Å². The van der Waals surface area contributed by atoms with E-state index in [4.69, 9.17) is 27.9 Å². The van der Waals surface area contributed by atoms with Crippen molar-refractivity contribution in [3.05, 3.63) is 93.0 Å². The minimum absolute atomic E-state index is 0.365. The molecule has 0 N–H and O–H groups in total. The molecule has 0 fully saturated rings. The van der Waals surface area contributed by atoms with E-state index in [0.717, 1.165) is 28.1 Å². The summed E-state index contributed by atoms with van der Waals surface area (Å²) in [7, 11) is 0. The first-order chi connectivity index (χ1) is 12.5. The molecule has 3 rings (SSSR count). The zero-order chi connectivity index (χ0) is 18.5. The van der Waals surface area contributed by atoms with Crippen LogP contribution in [-0.2, 0) is 6.61 Å². The predicted molar refractivity (Wildman–Crippen MR) is 110 cm³/mol. The maximum atomic E-state index is 6.22. The largest absolute Gasteiger partial charge is 0.488 e. The number of hydrogen-bond acceptors (Lipinski definition) is 2. The fourth-order valence-corrected chi connectivity index (χ4v) is 2.97. The summed E-state index contributed by atoms with van der Waals surface area (Å²) in [6.45, 7) is 4.48. The molecule has 0 heterocycles. The van der Waals surface area contributed by atoms with Crippen LogP contribution in [0.1, 0.15) is 22.3 Å². The number of para-hydroxylation sites is 1. The van der Waals surface area contributed by atoms with Crippen molar-refractivity contribution < 1.29 is 4.74 Å². The summed E-state index contributed by atoms with van der Waals surface area (Å²) >= 11 is 12.2. The smallest absolute Gasteiger partial charge is 0.128 e. The molecule has 0 saturated carbocycles. The topological polar surface area (TPSA) is 21.6 Å². The fraction of sp³-hybridized carbons (Fsp3) is 0.136. The zero-order valence-corrected chi connectivity index (χ0v) is 16.2. The second-order valence-corrected chi connectivity index (χ2v) is 6.95. The minimum atomic E-state index is 0.365. The molecule has 26 heavy (non-hydrogen) atoms. The number of rotatable bonds is 5. The van der Waals surface area contributed by atoms with Crippen LogP contribution in [0.5, 0.6) is 5.75 Å². The van der Waals surface area contributed by atoms with Gasteiger partial charge in [0, 0.05) is 27.4 Å². The third-order valence-corrected chi connectivity index (χ3v) is 4.61. The SMILES string of the molecule is Cc1ccc(C)c(N=Cc2ccccc2OCc2ccc(Cl)cc2Cl)c1. The predicted octanol–water partition coefficient (Wildman–Crippen LogP) is 6.94. The van der Waals surface area contributed by atoms with E-state index in [9.17, 15) is 0 Å². The number of aliphatic imine (C=N–C) groups is 1.